The molecule has 2 aromatic carbocycles. The Morgan fingerprint density at radius 2 is 1.82 bits per heavy atom. The Balaban J connectivity index is 2.41. The monoisotopic (exact) mass is 416 g/mol. The Bertz CT molecular complexity index is 899. The van der Waals surface area contributed by atoms with Gasteiger partial charge in [0.1, 0.15) is 17.1 Å². The van der Waals surface area contributed by atoms with Crippen LogP contribution in [0.5, 0.6) is 11.5 Å². The minimum atomic E-state index is -4.56. The number of carbonyl (C=O) groups excluding carboxylic acids is 1. The van der Waals surface area contributed by atoms with Gasteiger partial charge in [0.2, 0.25) is 0 Å². The van der Waals surface area contributed by atoms with Gasteiger partial charge in [-0.05, 0) is 38.1 Å². The normalized spacial score (nSPS) is 11.2. The van der Waals surface area contributed by atoms with Crippen molar-refractivity contribution < 1.29 is 27.6 Å². The first-order chi connectivity index (χ1) is 13.1. The molecular formula is C18H16ClF3N2O4. The number of rotatable bonds is 6. The van der Waals surface area contributed by atoms with Gasteiger partial charge in [-0.2, -0.15) is 13.2 Å². The van der Waals surface area contributed by atoms with Crippen LogP contribution in [0.2, 0.25) is 5.02 Å². The van der Waals surface area contributed by atoms with Gasteiger partial charge in [0.15, 0.2) is 0 Å². The molecule has 0 aliphatic rings. The number of nitrogens with zero attached hydrogens (tertiary/aromatic N) is 2. The van der Waals surface area contributed by atoms with Crippen molar-refractivity contribution in [3.8, 4) is 11.5 Å². The van der Waals surface area contributed by atoms with E-state index in [0.29, 0.717) is 19.2 Å². The van der Waals surface area contributed by atoms with Crippen LogP contribution in [0.15, 0.2) is 36.4 Å². The number of ether oxygens (including phenoxy) is 1. The van der Waals surface area contributed by atoms with E-state index in [4.69, 9.17) is 16.3 Å². The Kier molecular flexibility index (Phi) is 6.50. The minimum absolute atomic E-state index is 0.0303. The number of hydrogen-bond acceptors (Lipinski definition) is 4. The van der Waals surface area contributed by atoms with Gasteiger partial charge in [-0.25, -0.2) is 0 Å². The predicted octanol–water partition coefficient (Wildman–Crippen LogP) is 5.54. The number of nitro groups is 1. The lowest BCUT2D eigenvalue weighted by atomic mass is 10.1. The number of hydrogen-bond donors (Lipinski definition) is 0. The van der Waals surface area contributed by atoms with Crippen molar-refractivity contribution in [2.75, 3.05) is 13.1 Å². The SMILES string of the molecule is CCN(CC)C(=O)c1cc(Oc2ccc(C(F)(F)F)cc2Cl)ccc1[N+](=O)[O-]. The topological polar surface area (TPSA) is 72.7 Å². The lowest BCUT2D eigenvalue weighted by Gasteiger charge is -2.19. The molecule has 0 aliphatic heterocycles. The molecule has 0 saturated heterocycles. The summed E-state index contributed by atoms with van der Waals surface area (Å²) in [6.07, 6.45) is -4.56. The van der Waals surface area contributed by atoms with Crippen molar-refractivity contribution >= 4 is 23.2 Å². The second-order valence-electron chi connectivity index (χ2n) is 5.66. The molecule has 0 fully saturated rings. The molecule has 0 heterocycles. The third-order valence-electron chi connectivity index (χ3n) is 3.93. The van der Waals surface area contributed by atoms with Gasteiger partial charge in [0.25, 0.3) is 11.6 Å². The summed E-state index contributed by atoms with van der Waals surface area (Å²) < 4.78 is 43.6. The van der Waals surface area contributed by atoms with Crippen LogP contribution in [0, 0.1) is 10.1 Å². The number of carbonyl (C=O) groups is 1. The van der Waals surface area contributed by atoms with E-state index >= 15 is 0 Å². The first-order valence-corrected chi connectivity index (χ1v) is 8.58. The van der Waals surface area contributed by atoms with Crippen molar-refractivity contribution in [1.29, 1.82) is 0 Å². The van der Waals surface area contributed by atoms with Crippen LogP contribution in [0.25, 0.3) is 0 Å². The van der Waals surface area contributed by atoms with Crippen LogP contribution in [-0.2, 0) is 6.18 Å². The zero-order chi connectivity index (χ0) is 21.1. The molecule has 0 atom stereocenters. The fraction of sp³-hybridized carbons (Fsp3) is 0.278. The number of benzene rings is 2. The summed E-state index contributed by atoms with van der Waals surface area (Å²) in [6.45, 7) is 4.16. The van der Waals surface area contributed by atoms with Crippen molar-refractivity contribution in [2.45, 2.75) is 20.0 Å². The lowest BCUT2D eigenvalue weighted by Crippen LogP contribution is -2.31. The van der Waals surface area contributed by atoms with Gasteiger partial charge in [-0.15, -0.1) is 0 Å². The standard InChI is InChI=1S/C18H16ClF3N2O4/c1-3-23(4-2)17(25)13-10-12(6-7-15(13)24(26)27)28-16-8-5-11(9-14(16)19)18(20,21)22/h5-10H,3-4H2,1-2H3. The third-order valence-corrected chi connectivity index (χ3v) is 4.23. The van der Waals surface area contributed by atoms with Crippen LogP contribution < -0.4 is 4.74 Å². The smallest absolute Gasteiger partial charge is 0.416 e. The van der Waals surface area contributed by atoms with Gasteiger partial charge in [0.05, 0.1) is 15.5 Å². The molecule has 0 spiro atoms. The highest BCUT2D eigenvalue weighted by atomic mass is 35.5. The summed E-state index contributed by atoms with van der Waals surface area (Å²) in [5, 5.41) is 11.0. The van der Waals surface area contributed by atoms with Gasteiger partial charge < -0.3 is 9.64 Å². The van der Waals surface area contributed by atoms with Crippen LogP contribution in [-0.4, -0.2) is 28.8 Å². The van der Waals surface area contributed by atoms with Crippen LogP contribution in [0.4, 0.5) is 18.9 Å². The molecule has 0 aromatic heterocycles. The molecule has 6 nitrogen and oxygen atoms in total. The summed E-state index contributed by atoms with van der Waals surface area (Å²) in [7, 11) is 0. The average molecular weight is 417 g/mol. The molecule has 1 amide bonds. The summed E-state index contributed by atoms with van der Waals surface area (Å²) >= 11 is 5.86. The van der Waals surface area contributed by atoms with E-state index in [-0.39, 0.29) is 22.1 Å². The number of alkyl halides is 3. The van der Waals surface area contributed by atoms with E-state index in [0.717, 1.165) is 18.2 Å². The predicted molar refractivity (Wildman–Crippen MR) is 96.9 cm³/mol. The maximum Gasteiger partial charge on any atom is 0.416 e. The molecule has 0 bridgehead atoms. The van der Waals surface area contributed by atoms with Crippen molar-refractivity contribution in [2.24, 2.45) is 0 Å². The van der Waals surface area contributed by atoms with E-state index < -0.39 is 28.3 Å². The first kappa shape index (κ1) is 21.5. The fourth-order valence-electron chi connectivity index (χ4n) is 2.48. The quantitative estimate of drug-likeness (QED) is 0.457. The largest absolute Gasteiger partial charge is 0.456 e. The van der Waals surface area contributed by atoms with Gasteiger partial charge in [-0.3, -0.25) is 14.9 Å². The van der Waals surface area contributed by atoms with Gasteiger partial charge >= 0.3 is 6.18 Å². The molecule has 150 valence electrons. The maximum absolute atomic E-state index is 12.7. The second kappa shape index (κ2) is 8.47. The molecule has 0 saturated carbocycles. The Morgan fingerprint density at radius 3 is 2.32 bits per heavy atom. The minimum Gasteiger partial charge on any atom is -0.456 e. The molecule has 2 rings (SSSR count). The summed E-state index contributed by atoms with van der Waals surface area (Å²) in [5.74, 6) is -0.604. The summed E-state index contributed by atoms with van der Waals surface area (Å²) in [5.41, 5.74) is -1.53. The van der Waals surface area contributed by atoms with E-state index in [1.807, 2.05) is 0 Å². The molecule has 2 aromatic rings. The zero-order valence-corrected chi connectivity index (χ0v) is 15.7. The first-order valence-electron chi connectivity index (χ1n) is 8.20. The fourth-order valence-corrected chi connectivity index (χ4v) is 2.70. The van der Waals surface area contributed by atoms with E-state index in [9.17, 15) is 28.1 Å². The maximum atomic E-state index is 12.7. The Hall–Kier alpha value is -2.81. The van der Waals surface area contributed by atoms with Gasteiger partial charge in [-0.1, -0.05) is 11.6 Å². The number of amides is 1. The van der Waals surface area contributed by atoms with Crippen LogP contribution >= 0.6 is 11.6 Å². The van der Waals surface area contributed by atoms with Crippen LogP contribution in [0.1, 0.15) is 29.8 Å². The average Bonchev–Trinajstić information content (AvgIpc) is 2.63. The Labute approximate surface area is 163 Å². The van der Waals surface area contributed by atoms with Crippen LogP contribution in [0.3, 0.4) is 0 Å². The second-order valence-corrected chi connectivity index (χ2v) is 6.07. The molecule has 28 heavy (non-hydrogen) atoms. The van der Waals surface area contributed by atoms with Gasteiger partial charge in [0, 0.05) is 25.2 Å². The van der Waals surface area contributed by atoms with Crippen molar-refractivity contribution in [3.05, 3.63) is 62.7 Å². The molecule has 0 unspecified atom stereocenters. The van der Waals surface area contributed by atoms with E-state index in [1.54, 1.807) is 13.8 Å². The lowest BCUT2D eigenvalue weighted by molar-refractivity contribution is -0.385. The third kappa shape index (κ3) is 4.72. The van der Waals surface area contributed by atoms with Crippen molar-refractivity contribution in [1.82, 2.24) is 4.90 Å². The Morgan fingerprint density at radius 1 is 1.18 bits per heavy atom. The highest BCUT2D eigenvalue weighted by Gasteiger charge is 2.31. The molecule has 0 radical (unpaired) electrons. The molecule has 0 aliphatic carbocycles. The molecular weight excluding hydrogens is 401 g/mol. The summed E-state index contributed by atoms with van der Waals surface area (Å²) in [4.78, 5) is 24.5. The highest BCUT2D eigenvalue weighted by Crippen LogP contribution is 2.37. The molecule has 0 N–H and O–H groups in total. The van der Waals surface area contributed by atoms with E-state index in [2.05, 4.69) is 0 Å². The highest BCUT2D eigenvalue weighted by molar-refractivity contribution is 6.32. The zero-order valence-electron chi connectivity index (χ0n) is 14.9. The number of halogens is 4. The van der Waals surface area contributed by atoms with Crippen molar-refractivity contribution in [3.63, 3.8) is 0 Å². The van der Waals surface area contributed by atoms with E-state index in [1.165, 1.54) is 17.0 Å². The summed E-state index contributed by atoms with van der Waals surface area (Å²) in [6, 6.07) is 6.07. The molecule has 10 heteroatoms. The number of nitro benzene ring substituents is 1.